The lowest BCUT2D eigenvalue weighted by Crippen LogP contribution is -1.98. The van der Waals surface area contributed by atoms with Crippen molar-refractivity contribution in [3.05, 3.63) is 24.0 Å². The fourth-order valence-electron chi connectivity index (χ4n) is 2.12. The average molecular weight is 290 g/mol. The Morgan fingerprint density at radius 2 is 2.10 bits per heavy atom. The molecule has 4 nitrogen and oxygen atoms in total. The summed E-state index contributed by atoms with van der Waals surface area (Å²) in [5.41, 5.74) is 2.30. The van der Waals surface area contributed by atoms with E-state index in [0.717, 1.165) is 22.3 Å². The molecule has 0 spiro atoms. The second-order valence-electron chi connectivity index (χ2n) is 5.19. The number of hydrogen-bond acceptors (Lipinski definition) is 4. The van der Waals surface area contributed by atoms with Crippen molar-refractivity contribution in [3.63, 3.8) is 0 Å². The van der Waals surface area contributed by atoms with Crippen molar-refractivity contribution >= 4 is 33.8 Å². The van der Waals surface area contributed by atoms with Crippen molar-refractivity contribution in [3.8, 4) is 0 Å². The van der Waals surface area contributed by atoms with Crippen LogP contribution in [0.2, 0.25) is 0 Å². The Balaban J connectivity index is 2.14. The number of aryl methyl sites for hydroxylation is 1. The van der Waals surface area contributed by atoms with E-state index >= 15 is 0 Å². The van der Waals surface area contributed by atoms with Gasteiger partial charge in [-0.25, -0.2) is 9.37 Å². The van der Waals surface area contributed by atoms with E-state index in [2.05, 4.69) is 29.0 Å². The first-order valence-electron chi connectivity index (χ1n) is 6.47. The molecule has 0 bridgehead atoms. The third kappa shape index (κ3) is 2.24. The SMILES string of the molecule is CC(C)CSc1nnc2c3cc(F)ccc3n(C)c2n1. The highest BCUT2D eigenvalue weighted by atomic mass is 32.2. The minimum atomic E-state index is -0.273. The van der Waals surface area contributed by atoms with Crippen LogP contribution in [0, 0.1) is 11.7 Å². The van der Waals surface area contributed by atoms with Crippen LogP contribution >= 0.6 is 11.8 Å². The molecule has 0 unspecified atom stereocenters. The van der Waals surface area contributed by atoms with E-state index < -0.39 is 0 Å². The summed E-state index contributed by atoms with van der Waals surface area (Å²) in [7, 11) is 1.91. The van der Waals surface area contributed by atoms with Gasteiger partial charge in [0.25, 0.3) is 0 Å². The van der Waals surface area contributed by atoms with Crippen molar-refractivity contribution in [1.29, 1.82) is 0 Å². The van der Waals surface area contributed by atoms with Crippen LogP contribution in [-0.2, 0) is 7.05 Å². The van der Waals surface area contributed by atoms with Crippen LogP contribution < -0.4 is 0 Å². The number of hydrogen-bond donors (Lipinski definition) is 0. The van der Waals surface area contributed by atoms with Gasteiger partial charge in [-0.3, -0.25) is 0 Å². The fraction of sp³-hybridized carbons (Fsp3) is 0.357. The number of benzene rings is 1. The number of thioether (sulfide) groups is 1. The molecule has 0 atom stereocenters. The van der Waals surface area contributed by atoms with E-state index in [0.29, 0.717) is 16.6 Å². The normalized spacial score (nSPS) is 11.8. The van der Waals surface area contributed by atoms with Crippen LogP contribution in [0.15, 0.2) is 23.4 Å². The van der Waals surface area contributed by atoms with Crippen molar-refractivity contribution in [2.75, 3.05) is 5.75 Å². The van der Waals surface area contributed by atoms with Gasteiger partial charge in [0.1, 0.15) is 11.3 Å². The van der Waals surface area contributed by atoms with Gasteiger partial charge in [0.15, 0.2) is 5.65 Å². The third-order valence-corrected chi connectivity index (χ3v) is 4.35. The molecule has 1 aromatic carbocycles. The summed E-state index contributed by atoms with van der Waals surface area (Å²) in [5, 5.41) is 9.78. The summed E-state index contributed by atoms with van der Waals surface area (Å²) in [6.45, 7) is 4.30. The molecule has 0 aliphatic rings. The van der Waals surface area contributed by atoms with Crippen molar-refractivity contribution in [1.82, 2.24) is 19.7 Å². The van der Waals surface area contributed by atoms with Gasteiger partial charge in [-0.2, -0.15) is 0 Å². The monoisotopic (exact) mass is 290 g/mol. The quantitative estimate of drug-likeness (QED) is 0.693. The second-order valence-corrected chi connectivity index (χ2v) is 6.18. The molecule has 20 heavy (non-hydrogen) atoms. The molecule has 3 rings (SSSR count). The summed E-state index contributed by atoms with van der Waals surface area (Å²) in [6, 6.07) is 4.67. The first-order valence-corrected chi connectivity index (χ1v) is 7.46. The zero-order chi connectivity index (χ0) is 14.3. The van der Waals surface area contributed by atoms with Gasteiger partial charge in [-0.05, 0) is 24.1 Å². The Labute approximate surface area is 120 Å². The van der Waals surface area contributed by atoms with E-state index in [1.807, 2.05) is 11.6 Å². The van der Waals surface area contributed by atoms with Crippen LogP contribution in [-0.4, -0.2) is 25.5 Å². The highest BCUT2D eigenvalue weighted by Crippen LogP contribution is 2.27. The molecule has 0 saturated heterocycles. The molecule has 2 aromatic heterocycles. The van der Waals surface area contributed by atoms with Crippen LogP contribution in [0.5, 0.6) is 0 Å². The van der Waals surface area contributed by atoms with E-state index in [1.54, 1.807) is 17.8 Å². The smallest absolute Gasteiger partial charge is 0.211 e. The molecule has 0 N–H and O–H groups in total. The number of rotatable bonds is 3. The molecular weight excluding hydrogens is 275 g/mol. The van der Waals surface area contributed by atoms with Crippen LogP contribution in [0.4, 0.5) is 4.39 Å². The summed E-state index contributed by atoms with van der Waals surface area (Å²) >= 11 is 1.59. The van der Waals surface area contributed by atoms with Gasteiger partial charge < -0.3 is 4.57 Å². The van der Waals surface area contributed by atoms with Gasteiger partial charge in [0.05, 0.1) is 5.52 Å². The summed E-state index contributed by atoms with van der Waals surface area (Å²) < 4.78 is 15.3. The van der Waals surface area contributed by atoms with Crippen LogP contribution in [0.3, 0.4) is 0 Å². The maximum absolute atomic E-state index is 13.4. The molecule has 104 valence electrons. The third-order valence-electron chi connectivity index (χ3n) is 3.09. The maximum Gasteiger partial charge on any atom is 0.211 e. The van der Waals surface area contributed by atoms with E-state index in [1.165, 1.54) is 12.1 Å². The minimum Gasteiger partial charge on any atom is -0.327 e. The Kier molecular flexibility index (Phi) is 3.33. The minimum absolute atomic E-state index is 0.273. The molecule has 2 heterocycles. The van der Waals surface area contributed by atoms with Gasteiger partial charge in [-0.15, -0.1) is 10.2 Å². The Morgan fingerprint density at radius 3 is 2.85 bits per heavy atom. The standard InChI is InChI=1S/C14H15FN4S/c1-8(2)7-20-14-16-13-12(17-18-14)10-6-9(15)4-5-11(10)19(13)3/h4-6,8H,7H2,1-3H3. The van der Waals surface area contributed by atoms with Crippen molar-refractivity contribution < 1.29 is 4.39 Å². The topological polar surface area (TPSA) is 43.6 Å². The molecule has 0 radical (unpaired) electrons. The highest BCUT2D eigenvalue weighted by Gasteiger charge is 2.13. The molecule has 0 fully saturated rings. The van der Waals surface area contributed by atoms with Crippen molar-refractivity contribution in [2.24, 2.45) is 13.0 Å². The molecule has 6 heteroatoms. The lowest BCUT2D eigenvalue weighted by atomic mass is 10.2. The molecule has 0 aliphatic heterocycles. The first kappa shape index (κ1) is 13.3. The lowest BCUT2D eigenvalue weighted by molar-refractivity contribution is 0.629. The Bertz CT molecular complexity index is 782. The van der Waals surface area contributed by atoms with Gasteiger partial charge in [-0.1, -0.05) is 25.6 Å². The second kappa shape index (κ2) is 5.01. The molecule has 0 amide bonds. The molecule has 0 aliphatic carbocycles. The first-order chi connectivity index (χ1) is 9.56. The highest BCUT2D eigenvalue weighted by molar-refractivity contribution is 7.99. The zero-order valence-electron chi connectivity index (χ0n) is 11.6. The number of nitrogens with zero attached hydrogens (tertiary/aromatic N) is 4. The molecule has 0 saturated carbocycles. The van der Waals surface area contributed by atoms with Crippen molar-refractivity contribution in [2.45, 2.75) is 19.0 Å². The van der Waals surface area contributed by atoms with Gasteiger partial charge in [0.2, 0.25) is 5.16 Å². The summed E-state index contributed by atoms with van der Waals surface area (Å²) in [4.78, 5) is 4.54. The van der Waals surface area contributed by atoms with E-state index in [4.69, 9.17) is 0 Å². The van der Waals surface area contributed by atoms with Crippen LogP contribution in [0.1, 0.15) is 13.8 Å². The fourth-order valence-corrected chi connectivity index (χ4v) is 2.85. The summed E-state index contributed by atoms with van der Waals surface area (Å²) in [6.07, 6.45) is 0. The number of halogens is 1. The van der Waals surface area contributed by atoms with Gasteiger partial charge in [0, 0.05) is 18.2 Å². The Hall–Kier alpha value is -1.69. The predicted octanol–water partition coefficient (Wildman–Crippen LogP) is 3.40. The number of aromatic nitrogens is 4. The maximum atomic E-state index is 13.4. The number of fused-ring (bicyclic) bond motifs is 3. The largest absolute Gasteiger partial charge is 0.327 e. The van der Waals surface area contributed by atoms with Crippen LogP contribution in [0.25, 0.3) is 22.1 Å². The predicted molar refractivity (Wildman–Crippen MR) is 79.3 cm³/mol. The van der Waals surface area contributed by atoms with E-state index in [-0.39, 0.29) is 5.82 Å². The lowest BCUT2D eigenvalue weighted by Gasteiger charge is -2.02. The molecule has 3 aromatic rings. The molecular formula is C14H15FN4S. The average Bonchev–Trinajstić information content (AvgIpc) is 2.69. The summed E-state index contributed by atoms with van der Waals surface area (Å²) in [5.74, 6) is 1.25. The van der Waals surface area contributed by atoms with Gasteiger partial charge >= 0.3 is 0 Å². The Morgan fingerprint density at radius 1 is 1.30 bits per heavy atom. The zero-order valence-corrected chi connectivity index (χ0v) is 12.4. The van der Waals surface area contributed by atoms with E-state index in [9.17, 15) is 4.39 Å².